The lowest BCUT2D eigenvalue weighted by Gasteiger charge is -2.12. The predicted molar refractivity (Wildman–Crippen MR) is 160 cm³/mol. The average molecular weight is 623 g/mol. The summed E-state index contributed by atoms with van der Waals surface area (Å²) < 4.78 is 51.6. The molecule has 0 aliphatic rings. The molecule has 220 valence electrons. The van der Waals surface area contributed by atoms with Crippen LogP contribution in [0.15, 0.2) is 22.6 Å². The lowest BCUT2D eigenvalue weighted by molar-refractivity contribution is 0.595. The van der Waals surface area contributed by atoms with Crippen LogP contribution in [-0.2, 0) is 31.6 Å². The largest absolute Gasteiger partial charge is 0.355 e. The van der Waals surface area contributed by atoms with Crippen molar-refractivity contribution in [2.45, 2.75) is 31.8 Å². The zero-order valence-corrected chi connectivity index (χ0v) is 25.8. The fourth-order valence-corrected chi connectivity index (χ4v) is 5.66. The SMILES string of the molecule is Cc1[nH]cnc1CSCCNC(=NCCCN=C(NCCSCc1nc[nH]c1C)NS(C)(=O)=O)NS(C)(=O)=O. The maximum absolute atomic E-state index is 11.7. The summed E-state index contributed by atoms with van der Waals surface area (Å²) in [4.78, 5) is 23.2. The molecule has 14 nitrogen and oxygen atoms in total. The highest BCUT2D eigenvalue weighted by Crippen LogP contribution is 2.12. The van der Waals surface area contributed by atoms with E-state index in [1.165, 1.54) is 0 Å². The molecule has 0 spiro atoms. The number of thioether (sulfide) groups is 2. The van der Waals surface area contributed by atoms with Gasteiger partial charge in [-0.1, -0.05) is 0 Å². The molecule has 0 aliphatic carbocycles. The number of nitrogens with one attached hydrogen (secondary N) is 6. The van der Waals surface area contributed by atoms with E-state index in [9.17, 15) is 16.8 Å². The second kappa shape index (κ2) is 16.6. The molecule has 2 rings (SSSR count). The van der Waals surface area contributed by atoms with Crippen LogP contribution in [0.2, 0.25) is 0 Å². The fraction of sp³-hybridized carbons (Fsp3) is 0.619. The second-order valence-electron chi connectivity index (χ2n) is 8.47. The first-order chi connectivity index (χ1) is 18.4. The number of imidazole rings is 2. The van der Waals surface area contributed by atoms with Crippen LogP contribution in [0.25, 0.3) is 0 Å². The van der Waals surface area contributed by atoms with Crippen LogP contribution in [0, 0.1) is 13.8 Å². The molecule has 0 saturated heterocycles. The van der Waals surface area contributed by atoms with Crippen molar-refractivity contribution in [1.82, 2.24) is 40.0 Å². The van der Waals surface area contributed by atoms with Crippen LogP contribution in [0.1, 0.15) is 29.2 Å². The predicted octanol–water partition coefficient (Wildman–Crippen LogP) is 0.296. The Hall–Kier alpha value is -2.44. The normalized spacial score (nSPS) is 12.9. The van der Waals surface area contributed by atoms with E-state index in [2.05, 4.69) is 50.0 Å². The number of hydrogen-bond donors (Lipinski definition) is 6. The van der Waals surface area contributed by atoms with E-state index in [4.69, 9.17) is 0 Å². The molecule has 0 bridgehead atoms. The summed E-state index contributed by atoms with van der Waals surface area (Å²) in [6.07, 6.45) is 5.93. The minimum Gasteiger partial charge on any atom is -0.355 e. The Balaban J connectivity index is 1.78. The van der Waals surface area contributed by atoms with E-state index in [1.807, 2.05) is 13.8 Å². The number of nitrogens with zero attached hydrogens (tertiary/aromatic N) is 4. The maximum atomic E-state index is 11.7. The van der Waals surface area contributed by atoms with Crippen molar-refractivity contribution in [3.8, 4) is 0 Å². The van der Waals surface area contributed by atoms with E-state index >= 15 is 0 Å². The number of sulfonamides is 2. The molecule has 0 aliphatic heterocycles. The summed E-state index contributed by atoms with van der Waals surface area (Å²) in [5, 5.41) is 6.03. The zero-order chi connectivity index (χ0) is 28.7. The molecule has 6 N–H and O–H groups in total. The minimum atomic E-state index is -3.50. The summed E-state index contributed by atoms with van der Waals surface area (Å²) in [7, 11) is -7.00. The van der Waals surface area contributed by atoms with Gasteiger partial charge in [-0.05, 0) is 20.3 Å². The van der Waals surface area contributed by atoms with E-state index in [0.29, 0.717) is 32.6 Å². The first kappa shape index (κ1) is 32.8. The Bertz CT molecular complexity index is 1190. The lowest BCUT2D eigenvalue weighted by Crippen LogP contribution is -2.41. The third-order valence-electron chi connectivity index (χ3n) is 4.84. The Morgan fingerprint density at radius 2 is 1.21 bits per heavy atom. The summed E-state index contributed by atoms with van der Waals surface area (Å²) in [5.74, 6) is 3.28. The van der Waals surface area contributed by atoms with Crippen LogP contribution in [0.4, 0.5) is 0 Å². The Morgan fingerprint density at radius 3 is 1.54 bits per heavy atom. The molecule has 39 heavy (non-hydrogen) atoms. The molecule has 0 amide bonds. The number of aryl methyl sites for hydroxylation is 2. The number of rotatable bonds is 16. The highest BCUT2D eigenvalue weighted by atomic mass is 32.2. The van der Waals surface area contributed by atoms with Crippen LogP contribution >= 0.6 is 23.5 Å². The molecule has 2 heterocycles. The van der Waals surface area contributed by atoms with Crippen molar-refractivity contribution in [3.63, 3.8) is 0 Å². The molecule has 18 heteroatoms. The van der Waals surface area contributed by atoms with Gasteiger partial charge in [0.25, 0.3) is 0 Å². The van der Waals surface area contributed by atoms with Gasteiger partial charge >= 0.3 is 0 Å². The third kappa shape index (κ3) is 15.1. The van der Waals surface area contributed by atoms with Gasteiger partial charge in [0.2, 0.25) is 32.0 Å². The van der Waals surface area contributed by atoms with Crippen molar-refractivity contribution in [1.29, 1.82) is 0 Å². The Morgan fingerprint density at radius 1 is 0.795 bits per heavy atom. The Kier molecular flexibility index (Phi) is 14.0. The first-order valence-electron chi connectivity index (χ1n) is 12.1. The fourth-order valence-electron chi connectivity index (χ4n) is 2.94. The van der Waals surface area contributed by atoms with Crippen molar-refractivity contribution in [2.75, 3.05) is 50.2 Å². The first-order valence-corrected chi connectivity index (χ1v) is 18.2. The quantitative estimate of drug-likeness (QED) is 0.0860. The summed E-state index contributed by atoms with van der Waals surface area (Å²) in [6, 6.07) is 0. The minimum absolute atomic E-state index is 0.162. The van der Waals surface area contributed by atoms with Gasteiger partial charge in [-0.3, -0.25) is 19.4 Å². The van der Waals surface area contributed by atoms with Gasteiger partial charge in [0, 0.05) is 60.6 Å². The molecule has 0 aromatic carbocycles. The number of aromatic amines is 2. The third-order valence-corrected chi connectivity index (χ3v) is 7.91. The van der Waals surface area contributed by atoms with E-state index in [1.54, 1.807) is 36.2 Å². The van der Waals surface area contributed by atoms with E-state index < -0.39 is 20.0 Å². The topological polar surface area (TPSA) is 198 Å². The molecule has 0 saturated carbocycles. The Labute approximate surface area is 239 Å². The number of H-pyrrole nitrogens is 2. The molecular weight excluding hydrogens is 585 g/mol. The van der Waals surface area contributed by atoms with Crippen molar-refractivity contribution < 1.29 is 16.8 Å². The van der Waals surface area contributed by atoms with Crippen molar-refractivity contribution in [2.24, 2.45) is 9.98 Å². The smallest absolute Gasteiger partial charge is 0.232 e. The summed E-state index contributed by atoms with van der Waals surface area (Å²) >= 11 is 3.34. The van der Waals surface area contributed by atoms with Crippen LogP contribution < -0.4 is 20.1 Å². The second-order valence-corrected chi connectivity index (χ2v) is 14.2. The molecule has 2 aromatic heterocycles. The van der Waals surface area contributed by atoms with Gasteiger partial charge in [0.1, 0.15) is 0 Å². The van der Waals surface area contributed by atoms with Gasteiger partial charge < -0.3 is 20.6 Å². The zero-order valence-electron chi connectivity index (χ0n) is 22.6. The van der Waals surface area contributed by atoms with Crippen LogP contribution in [0.3, 0.4) is 0 Å². The molecule has 0 fully saturated rings. The lowest BCUT2D eigenvalue weighted by atomic mass is 10.4. The van der Waals surface area contributed by atoms with Crippen molar-refractivity contribution in [3.05, 3.63) is 35.4 Å². The number of hydrogen-bond acceptors (Lipinski definition) is 10. The highest BCUT2D eigenvalue weighted by Gasteiger charge is 2.08. The molecule has 0 atom stereocenters. The van der Waals surface area contributed by atoms with Crippen LogP contribution in [-0.4, -0.2) is 98.9 Å². The molecule has 0 radical (unpaired) electrons. The monoisotopic (exact) mass is 622 g/mol. The van der Waals surface area contributed by atoms with Gasteiger partial charge in [0.05, 0.1) is 36.6 Å². The summed E-state index contributed by atoms with van der Waals surface area (Å²) in [5.41, 5.74) is 4.04. The number of aliphatic imine (C=N–C) groups is 2. The maximum Gasteiger partial charge on any atom is 0.232 e. The van der Waals surface area contributed by atoms with Crippen LogP contribution in [0.5, 0.6) is 0 Å². The van der Waals surface area contributed by atoms with E-state index in [-0.39, 0.29) is 11.9 Å². The van der Waals surface area contributed by atoms with E-state index in [0.717, 1.165) is 58.3 Å². The van der Waals surface area contributed by atoms with Gasteiger partial charge in [0.15, 0.2) is 0 Å². The molecule has 2 aromatic rings. The molecule has 0 unspecified atom stereocenters. The highest BCUT2D eigenvalue weighted by molar-refractivity contribution is 7.98. The number of guanidine groups is 2. The van der Waals surface area contributed by atoms with Crippen molar-refractivity contribution >= 4 is 55.5 Å². The average Bonchev–Trinajstić information content (AvgIpc) is 3.43. The standard InChI is InChI=1S/C21H38N10O4S4/c1-16-18(28-14-26-16)12-36-10-8-24-20(30-38(3,32)33)22-6-5-7-23-21(31-39(4,34)35)25-9-11-37-13-19-17(2)27-15-29-19/h14-15H,5-13H2,1-4H3,(H,26,28)(H,27,29)(H2,22,24,30)(H2,23,25,31). The van der Waals surface area contributed by atoms with Gasteiger partial charge in [-0.2, -0.15) is 23.5 Å². The van der Waals surface area contributed by atoms with Gasteiger partial charge in [-0.25, -0.2) is 26.8 Å². The molecular formula is C21H38N10O4S4. The van der Waals surface area contributed by atoms with Gasteiger partial charge in [-0.15, -0.1) is 0 Å². The number of aromatic nitrogens is 4. The summed E-state index contributed by atoms with van der Waals surface area (Å²) in [6.45, 7) is 5.53.